The average Bonchev–Trinajstić information content (AvgIpc) is 2.82. The summed E-state index contributed by atoms with van der Waals surface area (Å²) in [5.41, 5.74) is 2.59. The third-order valence-electron chi connectivity index (χ3n) is 5.32. The summed E-state index contributed by atoms with van der Waals surface area (Å²) in [7, 11) is -3.88. The van der Waals surface area contributed by atoms with Gasteiger partial charge in [0.25, 0.3) is 15.9 Å². The SMILES string of the molecule is Cc1cc(S(=O)(=O)Nc2ccc(C(=O)Nc3cccc(N4CCOCC4)c3)cc2)ccc1F. The van der Waals surface area contributed by atoms with Crippen LogP contribution in [-0.4, -0.2) is 40.6 Å². The van der Waals surface area contributed by atoms with E-state index in [9.17, 15) is 17.6 Å². The highest BCUT2D eigenvalue weighted by Gasteiger charge is 2.16. The van der Waals surface area contributed by atoms with Gasteiger partial charge in [-0.25, -0.2) is 12.8 Å². The molecule has 0 unspecified atom stereocenters. The van der Waals surface area contributed by atoms with E-state index >= 15 is 0 Å². The maximum absolute atomic E-state index is 13.4. The maximum Gasteiger partial charge on any atom is 0.261 e. The zero-order chi connectivity index (χ0) is 23.4. The largest absolute Gasteiger partial charge is 0.378 e. The molecule has 1 saturated heterocycles. The summed E-state index contributed by atoms with van der Waals surface area (Å²) >= 11 is 0. The molecule has 9 heteroatoms. The van der Waals surface area contributed by atoms with Crippen molar-refractivity contribution in [2.75, 3.05) is 41.2 Å². The van der Waals surface area contributed by atoms with Crippen LogP contribution in [0.4, 0.5) is 21.5 Å². The summed E-state index contributed by atoms with van der Waals surface area (Å²) in [6.07, 6.45) is 0. The molecule has 172 valence electrons. The molecule has 33 heavy (non-hydrogen) atoms. The molecule has 7 nitrogen and oxygen atoms in total. The van der Waals surface area contributed by atoms with Crippen molar-refractivity contribution in [2.24, 2.45) is 0 Å². The Kier molecular flexibility index (Phi) is 6.62. The van der Waals surface area contributed by atoms with Crippen LogP contribution in [0.25, 0.3) is 0 Å². The Morgan fingerprint density at radius 1 is 0.970 bits per heavy atom. The zero-order valence-corrected chi connectivity index (χ0v) is 18.9. The fourth-order valence-corrected chi connectivity index (χ4v) is 4.64. The molecule has 0 aliphatic carbocycles. The van der Waals surface area contributed by atoms with Gasteiger partial charge in [0.2, 0.25) is 0 Å². The van der Waals surface area contributed by atoms with Gasteiger partial charge in [0.05, 0.1) is 18.1 Å². The molecule has 1 heterocycles. The van der Waals surface area contributed by atoms with Crippen molar-refractivity contribution < 1.29 is 22.3 Å². The first kappa shape index (κ1) is 22.8. The van der Waals surface area contributed by atoms with E-state index in [-0.39, 0.29) is 16.4 Å². The fraction of sp³-hybridized carbons (Fsp3) is 0.208. The van der Waals surface area contributed by atoms with Gasteiger partial charge in [-0.1, -0.05) is 6.07 Å². The van der Waals surface area contributed by atoms with E-state index in [0.717, 1.165) is 24.8 Å². The topological polar surface area (TPSA) is 87.7 Å². The normalized spacial score (nSPS) is 14.1. The Hall–Kier alpha value is -3.43. The van der Waals surface area contributed by atoms with Gasteiger partial charge in [-0.3, -0.25) is 9.52 Å². The van der Waals surface area contributed by atoms with Gasteiger partial charge in [0.1, 0.15) is 5.82 Å². The number of nitrogens with one attached hydrogen (secondary N) is 2. The van der Waals surface area contributed by atoms with E-state index in [2.05, 4.69) is 14.9 Å². The van der Waals surface area contributed by atoms with E-state index in [0.29, 0.717) is 30.2 Å². The fourth-order valence-electron chi connectivity index (χ4n) is 3.49. The van der Waals surface area contributed by atoms with Crippen LogP contribution >= 0.6 is 0 Å². The van der Waals surface area contributed by atoms with Gasteiger partial charge >= 0.3 is 0 Å². The van der Waals surface area contributed by atoms with Crippen molar-refractivity contribution >= 4 is 33.0 Å². The Labute approximate surface area is 192 Å². The molecule has 0 saturated carbocycles. The van der Waals surface area contributed by atoms with Gasteiger partial charge in [0, 0.05) is 35.7 Å². The number of aryl methyl sites for hydroxylation is 1. The second-order valence-electron chi connectivity index (χ2n) is 7.70. The molecule has 0 aromatic heterocycles. The number of amides is 1. The van der Waals surface area contributed by atoms with E-state index < -0.39 is 15.8 Å². The quantitative estimate of drug-likeness (QED) is 0.569. The smallest absolute Gasteiger partial charge is 0.261 e. The van der Waals surface area contributed by atoms with Crippen LogP contribution in [0.2, 0.25) is 0 Å². The van der Waals surface area contributed by atoms with Crippen molar-refractivity contribution in [3.05, 3.63) is 83.7 Å². The van der Waals surface area contributed by atoms with Crippen LogP contribution in [0, 0.1) is 12.7 Å². The summed E-state index contributed by atoms with van der Waals surface area (Å²) in [5, 5.41) is 2.87. The third-order valence-corrected chi connectivity index (χ3v) is 6.70. The number of hydrogen-bond donors (Lipinski definition) is 2. The monoisotopic (exact) mass is 469 g/mol. The number of halogens is 1. The average molecular weight is 470 g/mol. The Morgan fingerprint density at radius 3 is 2.39 bits per heavy atom. The predicted octanol–water partition coefficient (Wildman–Crippen LogP) is 4.02. The number of carbonyl (C=O) groups excluding carboxylic acids is 1. The number of carbonyl (C=O) groups is 1. The summed E-state index contributed by atoms with van der Waals surface area (Å²) in [6, 6.07) is 17.3. The molecule has 0 atom stereocenters. The molecule has 1 aliphatic heterocycles. The maximum atomic E-state index is 13.4. The van der Waals surface area contributed by atoms with Gasteiger partial charge < -0.3 is 15.0 Å². The second kappa shape index (κ2) is 9.60. The lowest BCUT2D eigenvalue weighted by Gasteiger charge is -2.29. The Morgan fingerprint density at radius 2 is 1.70 bits per heavy atom. The second-order valence-corrected chi connectivity index (χ2v) is 9.38. The number of sulfonamides is 1. The Balaban J connectivity index is 1.42. The van der Waals surface area contributed by atoms with Crippen LogP contribution in [0.1, 0.15) is 15.9 Å². The highest BCUT2D eigenvalue weighted by atomic mass is 32.2. The molecule has 3 aromatic carbocycles. The lowest BCUT2D eigenvalue weighted by Crippen LogP contribution is -2.36. The number of ether oxygens (including phenoxy) is 1. The lowest BCUT2D eigenvalue weighted by atomic mass is 10.2. The van der Waals surface area contributed by atoms with E-state index in [1.54, 1.807) is 0 Å². The minimum atomic E-state index is -3.88. The van der Waals surface area contributed by atoms with Crippen molar-refractivity contribution in [3.8, 4) is 0 Å². The molecule has 1 fully saturated rings. The predicted molar refractivity (Wildman–Crippen MR) is 126 cm³/mol. The van der Waals surface area contributed by atoms with Crippen molar-refractivity contribution in [2.45, 2.75) is 11.8 Å². The molecule has 3 aromatic rings. The van der Waals surface area contributed by atoms with Crippen LogP contribution < -0.4 is 14.9 Å². The molecular formula is C24H24FN3O4S. The number of benzene rings is 3. The molecule has 0 spiro atoms. The van der Waals surface area contributed by atoms with Crippen molar-refractivity contribution in [3.63, 3.8) is 0 Å². The number of anilines is 3. The van der Waals surface area contributed by atoms with Crippen LogP contribution in [0.5, 0.6) is 0 Å². The standard InChI is InChI=1S/C24H24FN3O4S/c1-17-15-22(9-10-23(17)25)33(30,31)27-19-7-5-18(6-8-19)24(29)26-20-3-2-4-21(16-20)28-11-13-32-14-12-28/h2-10,15-16,27H,11-14H2,1H3,(H,26,29). The van der Waals surface area contributed by atoms with Gasteiger partial charge in [-0.2, -0.15) is 0 Å². The van der Waals surface area contributed by atoms with Crippen molar-refractivity contribution in [1.29, 1.82) is 0 Å². The van der Waals surface area contributed by atoms with Crippen molar-refractivity contribution in [1.82, 2.24) is 0 Å². The molecule has 4 rings (SSSR count). The van der Waals surface area contributed by atoms with Gasteiger partial charge in [-0.15, -0.1) is 0 Å². The number of hydrogen-bond acceptors (Lipinski definition) is 5. The van der Waals surface area contributed by atoms with Gasteiger partial charge in [0.15, 0.2) is 0 Å². The molecule has 1 aliphatic rings. The van der Waals surface area contributed by atoms with Crippen LogP contribution in [0.15, 0.2) is 71.6 Å². The van der Waals surface area contributed by atoms with Gasteiger partial charge in [-0.05, 0) is 73.2 Å². The van der Waals surface area contributed by atoms with Crippen LogP contribution in [0.3, 0.4) is 0 Å². The zero-order valence-electron chi connectivity index (χ0n) is 18.0. The van der Waals surface area contributed by atoms with E-state index in [1.165, 1.54) is 43.3 Å². The first-order chi connectivity index (χ1) is 15.8. The molecule has 2 N–H and O–H groups in total. The molecular weight excluding hydrogens is 445 g/mol. The van der Waals surface area contributed by atoms with E-state index in [4.69, 9.17) is 4.74 Å². The molecule has 1 amide bonds. The number of rotatable bonds is 6. The highest BCUT2D eigenvalue weighted by Crippen LogP contribution is 2.22. The summed E-state index contributed by atoms with van der Waals surface area (Å²) in [4.78, 5) is 14.8. The summed E-state index contributed by atoms with van der Waals surface area (Å²) < 4.78 is 46.4. The van der Waals surface area contributed by atoms with Crippen LogP contribution in [-0.2, 0) is 14.8 Å². The van der Waals surface area contributed by atoms with E-state index in [1.807, 2.05) is 24.3 Å². The Bertz CT molecular complexity index is 1260. The summed E-state index contributed by atoms with van der Waals surface area (Å²) in [5.74, 6) is -0.780. The molecule has 0 bridgehead atoms. The first-order valence-electron chi connectivity index (χ1n) is 10.4. The third kappa shape index (κ3) is 5.50. The summed E-state index contributed by atoms with van der Waals surface area (Å²) in [6.45, 7) is 4.44. The number of nitrogens with zero attached hydrogens (tertiary/aromatic N) is 1. The molecule has 0 radical (unpaired) electrons. The highest BCUT2D eigenvalue weighted by molar-refractivity contribution is 7.92. The number of morpholine rings is 1. The first-order valence-corrected chi connectivity index (χ1v) is 11.9. The minimum absolute atomic E-state index is 0.0385. The lowest BCUT2D eigenvalue weighted by molar-refractivity contribution is 0.102. The minimum Gasteiger partial charge on any atom is -0.378 e.